The molecule has 2 aromatic carbocycles. The van der Waals surface area contributed by atoms with Crippen molar-refractivity contribution in [1.29, 1.82) is 0 Å². The largest absolute Gasteiger partial charge is 0.508 e. The van der Waals surface area contributed by atoms with Crippen LogP contribution in [0.4, 0.5) is 0 Å². The van der Waals surface area contributed by atoms with E-state index in [1.165, 1.54) is 0 Å². The molecule has 0 aliphatic carbocycles. The molecule has 4 atom stereocenters. The number of hydrogen-bond acceptors (Lipinski definition) is 6. The Labute approximate surface area is 162 Å². The minimum absolute atomic E-state index is 0.0132. The molecular weight excluding hydrogens is 360 g/mol. The number of phenolic OH excluding ortho intramolecular Hbond substituents is 1. The highest BCUT2D eigenvalue weighted by molar-refractivity contribution is 5.77. The van der Waals surface area contributed by atoms with Crippen molar-refractivity contribution in [2.45, 2.75) is 44.2 Å². The summed E-state index contributed by atoms with van der Waals surface area (Å²) in [5.41, 5.74) is 3.00. The summed E-state index contributed by atoms with van der Waals surface area (Å²) in [6.45, 7) is 1.63. The van der Waals surface area contributed by atoms with Gasteiger partial charge in [-0.1, -0.05) is 18.2 Å². The van der Waals surface area contributed by atoms with Crippen molar-refractivity contribution in [1.82, 2.24) is 0 Å². The molecule has 3 aromatic rings. The molecule has 0 saturated carbocycles. The predicted molar refractivity (Wildman–Crippen MR) is 103 cm³/mol. The van der Waals surface area contributed by atoms with E-state index in [1.54, 1.807) is 12.1 Å². The second kappa shape index (κ2) is 7.56. The van der Waals surface area contributed by atoms with E-state index in [0.29, 0.717) is 12.0 Å². The summed E-state index contributed by atoms with van der Waals surface area (Å²) in [6.07, 6.45) is -3.07. The summed E-state index contributed by atoms with van der Waals surface area (Å²) < 4.78 is 11.6. The van der Waals surface area contributed by atoms with Gasteiger partial charge >= 0.3 is 0 Å². The SMILES string of the molecule is Cc1cc(O)c([C@@H]2O[C@H](CO)C[C@H](O)[C@H]2O)cc1Cc1cc2ccccc2o1. The van der Waals surface area contributed by atoms with Crippen LogP contribution in [0.3, 0.4) is 0 Å². The lowest BCUT2D eigenvalue weighted by molar-refractivity contribution is -0.180. The fourth-order valence-electron chi connectivity index (χ4n) is 3.82. The summed E-state index contributed by atoms with van der Waals surface area (Å²) in [5.74, 6) is 0.778. The Morgan fingerprint density at radius 3 is 2.64 bits per heavy atom. The molecule has 2 heterocycles. The van der Waals surface area contributed by atoms with Crippen LogP contribution >= 0.6 is 0 Å². The Morgan fingerprint density at radius 2 is 1.89 bits per heavy atom. The van der Waals surface area contributed by atoms with E-state index >= 15 is 0 Å². The van der Waals surface area contributed by atoms with Gasteiger partial charge in [-0.3, -0.25) is 0 Å². The standard InChI is InChI=1S/C22H24O6/c1-12-6-18(24)17(22-21(26)19(25)10-16(11-23)28-22)9-14(12)8-15-7-13-4-2-3-5-20(13)27-15/h2-7,9,16,19,21-26H,8,10-11H2,1H3/t16-,19-,21+,22-/m0/s1. The van der Waals surface area contributed by atoms with Gasteiger partial charge < -0.3 is 29.6 Å². The number of hydrogen-bond donors (Lipinski definition) is 4. The number of aliphatic hydroxyl groups is 3. The topological polar surface area (TPSA) is 103 Å². The zero-order valence-electron chi connectivity index (χ0n) is 15.6. The number of benzene rings is 2. The molecular formula is C22H24O6. The number of aryl methyl sites for hydroxylation is 1. The monoisotopic (exact) mass is 384 g/mol. The zero-order valence-corrected chi connectivity index (χ0v) is 15.6. The highest BCUT2D eigenvalue weighted by Crippen LogP contribution is 2.38. The highest BCUT2D eigenvalue weighted by atomic mass is 16.5. The van der Waals surface area contributed by atoms with E-state index < -0.39 is 24.4 Å². The van der Waals surface area contributed by atoms with Crippen molar-refractivity contribution >= 4 is 11.0 Å². The Balaban J connectivity index is 1.67. The first-order valence-corrected chi connectivity index (χ1v) is 9.38. The molecule has 1 aliphatic heterocycles. The third kappa shape index (κ3) is 3.52. The predicted octanol–water partition coefficient (Wildman–Crippen LogP) is 2.58. The van der Waals surface area contributed by atoms with Crippen LogP contribution in [0, 0.1) is 6.92 Å². The number of para-hydroxylation sites is 1. The van der Waals surface area contributed by atoms with Crippen molar-refractivity contribution in [3.05, 3.63) is 64.9 Å². The van der Waals surface area contributed by atoms with Crippen molar-refractivity contribution in [3.8, 4) is 5.75 Å². The van der Waals surface area contributed by atoms with Gasteiger partial charge in [-0.05, 0) is 42.3 Å². The van der Waals surface area contributed by atoms with E-state index in [1.807, 2.05) is 37.3 Å². The summed E-state index contributed by atoms with van der Waals surface area (Å²) in [5, 5.41) is 41.4. The summed E-state index contributed by atoms with van der Waals surface area (Å²) in [4.78, 5) is 0. The normalized spacial score (nSPS) is 25.3. The molecule has 1 saturated heterocycles. The van der Waals surface area contributed by atoms with Gasteiger partial charge in [0.05, 0.1) is 18.8 Å². The van der Waals surface area contributed by atoms with E-state index in [4.69, 9.17) is 9.15 Å². The first kappa shape index (κ1) is 19.0. The van der Waals surface area contributed by atoms with Crippen molar-refractivity contribution < 1.29 is 29.6 Å². The van der Waals surface area contributed by atoms with Gasteiger partial charge in [0, 0.05) is 23.8 Å². The van der Waals surface area contributed by atoms with Crippen molar-refractivity contribution in [2.75, 3.05) is 6.61 Å². The average Bonchev–Trinajstić information content (AvgIpc) is 3.08. The molecule has 148 valence electrons. The lowest BCUT2D eigenvalue weighted by Gasteiger charge is -2.37. The van der Waals surface area contributed by atoms with Crippen LogP contribution in [0.1, 0.15) is 35.0 Å². The van der Waals surface area contributed by atoms with E-state index in [-0.39, 0.29) is 18.8 Å². The molecule has 1 aliphatic rings. The molecule has 0 radical (unpaired) electrons. The quantitative estimate of drug-likeness (QED) is 0.551. The number of rotatable bonds is 4. The van der Waals surface area contributed by atoms with Gasteiger partial charge in [-0.25, -0.2) is 0 Å². The molecule has 4 N–H and O–H groups in total. The van der Waals surface area contributed by atoms with Gasteiger partial charge in [-0.2, -0.15) is 0 Å². The summed E-state index contributed by atoms with van der Waals surface area (Å²) in [7, 11) is 0. The Kier molecular flexibility index (Phi) is 5.12. The van der Waals surface area contributed by atoms with E-state index in [9.17, 15) is 20.4 Å². The molecule has 1 fully saturated rings. The fraction of sp³-hybridized carbons (Fsp3) is 0.364. The average molecular weight is 384 g/mol. The molecule has 28 heavy (non-hydrogen) atoms. The smallest absolute Gasteiger partial charge is 0.134 e. The summed E-state index contributed by atoms with van der Waals surface area (Å²) in [6, 6.07) is 13.2. The Morgan fingerprint density at radius 1 is 1.11 bits per heavy atom. The number of phenols is 1. The second-order valence-electron chi connectivity index (χ2n) is 7.42. The second-order valence-corrected chi connectivity index (χ2v) is 7.42. The lowest BCUT2D eigenvalue weighted by Crippen LogP contribution is -2.44. The lowest BCUT2D eigenvalue weighted by atomic mass is 9.90. The minimum Gasteiger partial charge on any atom is -0.508 e. The fourth-order valence-corrected chi connectivity index (χ4v) is 3.82. The van der Waals surface area contributed by atoms with Gasteiger partial charge in [0.1, 0.15) is 29.3 Å². The van der Waals surface area contributed by atoms with Crippen LogP contribution in [0.2, 0.25) is 0 Å². The van der Waals surface area contributed by atoms with Crippen LogP contribution in [0.5, 0.6) is 5.75 Å². The number of fused-ring (bicyclic) bond motifs is 1. The van der Waals surface area contributed by atoms with Crippen molar-refractivity contribution in [2.24, 2.45) is 0 Å². The zero-order chi connectivity index (χ0) is 19.8. The number of furan rings is 1. The molecule has 0 amide bonds. The first-order valence-electron chi connectivity index (χ1n) is 9.38. The van der Waals surface area contributed by atoms with Crippen LogP contribution in [0.25, 0.3) is 11.0 Å². The van der Waals surface area contributed by atoms with Gasteiger partial charge in [0.15, 0.2) is 0 Å². The van der Waals surface area contributed by atoms with E-state index in [2.05, 4.69) is 0 Å². The van der Waals surface area contributed by atoms with E-state index in [0.717, 1.165) is 27.9 Å². The third-order valence-electron chi connectivity index (χ3n) is 5.38. The van der Waals surface area contributed by atoms with Gasteiger partial charge in [0.25, 0.3) is 0 Å². The first-order chi connectivity index (χ1) is 13.5. The van der Waals surface area contributed by atoms with Crippen LogP contribution in [0.15, 0.2) is 46.9 Å². The maximum Gasteiger partial charge on any atom is 0.134 e. The molecule has 0 unspecified atom stereocenters. The van der Waals surface area contributed by atoms with Crippen LogP contribution < -0.4 is 0 Å². The summed E-state index contributed by atoms with van der Waals surface area (Å²) >= 11 is 0. The van der Waals surface area contributed by atoms with Crippen LogP contribution in [-0.4, -0.2) is 45.3 Å². The molecule has 6 nitrogen and oxygen atoms in total. The molecule has 0 bridgehead atoms. The molecule has 0 spiro atoms. The van der Waals surface area contributed by atoms with Crippen LogP contribution in [-0.2, 0) is 11.2 Å². The third-order valence-corrected chi connectivity index (χ3v) is 5.38. The number of aromatic hydroxyl groups is 1. The Bertz CT molecular complexity index is 945. The maximum absolute atomic E-state index is 10.5. The molecule has 6 heteroatoms. The minimum atomic E-state index is -1.18. The maximum atomic E-state index is 10.5. The number of aliphatic hydroxyl groups excluding tert-OH is 3. The van der Waals surface area contributed by atoms with Gasteiger partial charge in [0.2, 0.25) is 0 Å². The molecule has 4 rings (SSSR count). The van der Waals surface area contributed by atoms with Crippen molar-refractivity contribution in [3.63, 3.8) is 0 Å². The molecule has 1 aromatic heterocycles. The Hall–Kier alpha value is -2.38. The van der Waals surface area contributed by atoms with Gasteiger partial charge in [-0.15, -0.1) is 0 Å². The number of ether oxygens (including phenoxy) is 1. The highest BCUT2D eigenvalue weighted by Gasteiger charge is 2.38.